The Morgan fingerprint density at radius 1 is 1.62 bits per heavy atom. The average Bonchev–Trinajstić information content (AvgIpc) is 2.81. The normalized spacial score (nSPS) is 25.0. The van der Waals surface area contributed by atoms with E-state index in [-0.39, 0.29) is 18.4 Å². The number of H-pyrrole nitrogens is 1. The molecule has 0 radical (unpaired) electrons. The number of ether oxygens (including phenoxy) is 2. The lowest BCUT2D eigenvalue weighted by atomic mass is 10.2. The van der Waals surface area contributed by atoms with Gasteiger partial charge in [0.2, 0.25) is 0 Å². The van der Waals surface area contributed by atoms with Gasteiger partial charge < -0.3 is 14.6 Å². The number of nitrogens with zero attached hydrogens (tertiary/aromatic N) is 1. The van der Waals surface area contributed by atoms with Crippen LogP contribution in [-0.4, -0.2) is 44.8 Å². The van der Waals surface area contributed by atoms with Gasteiger partial charge in [-0.3, -0.25) is 19.1 Å². The Kier molecular flexibility index (Phi) is 4.96. The molecule has 0 spiro atoms. The van der Waals surface area contributed by atoms with E-state index in [9.17, 15) is 19.5 Å². The zero-order chi connectivity index (χ0) is 15.6. The third-order valence-corrected chi connectivity index (χ3v) is 3.64. The summed E-state index contributed by atoms with van der Waals surface area (Å²) in [5.41, 5.74) is -0.708. The van der Waals surface area contributed by atoms with Crippen LogP contribution < -0.4 is 11.2 Å². The fraction of sp³-hybridized carbons (Fsp3) is 0.583. The SMILES string of the molecule is Cc1cn([C@H]2C[C@H](O)[C@@H](COC(=O)CBr)O2)c(=O)[nH]c1=O. The number of halogens is 1. The van der Waals surface area contributed by atoms with Crippen molar-refractivity contribution in [2.24, 2.45) is 0 Å². The molecule has 1 fully saturated rings. The van der Waals surface area contributed by atoms with Crippen molar-refractivity contribution in [3.8, 4) is 0 Å². The number of rotatable bonds is 4. The van der Waals surface area contributed by atoms with Gasteiger partial charge in [-0.2, -0.15) is 0 Å². The van der Waals surface area contributed by atoms with Crippen molar-refractivity contribution in [1.29, 1.82) is 0 Å². The highest BCUT2D eigenvalue weighted by molar-refractivity contribution is 9.09. The average molecular weight is 363 g/mol. The Bertz CT molecular complexity index is 639. The van der Waals surface area contributed by atoms with Crippen LogP contribution in [0.1, 0.15) is 18.2 Å². The van der Waals surface area contributed by atoms with E-state index >= 15 is 0 Å². The number of carbonyl (C=O) groups excluding carboxylic acids is 1. The molecule has 0 bridgehead atoms. The van der Waals surface area contributed by atoms with E-state index in [1.807, 2.05) is 0 Å². The van der Waals surface area contributed by atoms with E-state index in [0.29, 0.717) is 5.56 Å². The number of hydrogen-bond donors (Lipinski definition) is 2. The van der Waals surface area contributed by atoms with Gasteiger partial charge in [-0.05, 0) is 6.92 Å². The molecule has 0 aromatic carbocycles. The van der Waals surface area contributed by atoms with Crippen molar-refractivity contribution < 1.29 is 19.4 Å². The summed E-state index contributed by atoms with van der Waals surface area (Å²) in [7, 11) is 0. The maximum atomic E-state index is 11.8. The number of aliphatic hydroxyl groups excluding tert-OH is 1. The molecule has 3 atom stereocenters. The largest absolute Gasteiger partial charge is 0.462 e. The van der Waals surface area contributed by atoms with E-state index in [1.54, 1.807) is 6.92 Å². The molecule has 9 heteroatoms. The van der Waals surface area contributed by atoms with E-state index in [0.717, 1.165) is 0 Å². The Labute approximate surface area is 127 Å². The Morgan fingerprint density at radius 2 is 2.33 bits per heavy atom. The maximum absolute atomic E-state index is 11.8. The molecule has 1 aliphatic rings. The standard InChI is InChI=1S/C12H15BrN2O6/c1-6-4-15(12(19)14-11(6)18)9-2-7(16)8(21-9)5-20-10(17)3-13/h4,7-9,16H,2-3,5H2,1H3,(H,14,18,19)/t7-,8+,9+/m0/s1. The van der Waals surface area contributed by atoms with Crippen molar-refractivity contribution in [2.75, 3.05) is 11.9 Å². The highest BCUT2D eigenvalue weighted by atomic mass is 79.9. The number of esters is 1. The van der Waals surface area contributed by atoms with Gasteiger partial charge >= 0.3 is 11.7 Å². The molecule has 0 saturated carbocycles. The molecule has 116 valence electrons. The van der Waals surface area contributed by atoms with Crippen LogP contribution in [0.15, 0.2) is 15.8 Å². The first-order chi connectivity index (χ1) is 9.92. The fourth-order valence-corrected chi connectivity index (χ4v) is 2.21. The topological polar surface area (TPSA) is 111 Å². The molecular formula is C12H15BrN2O6. The molecule has 1 aromatic rings. The second-order valence-electron chi connectivity index (χ2n) is 4.73. The second-order valence-corrected chi connectivity index (χ2v) is 5.29. The van der Waals surface area contributed by atoms with Crippen LogP contribution in [0.5, 0.6) is 0 Å². The minimum atomic E-state index is -0.864. The third kappa shape index (κ3) is 3.60. The number of aliphatic hydroxyl groups is 1. The number of nitrogens with one attached hydrogen (secondary N) is 1. The summed E-state index contributed by atoms with van der Waals surface area (Å²) in [6.07, 6.45) is -0.738. The van der Waals surface area contributed by atoms with Crippen LogP contribution in [0.3, 0.4) is 0 Å². The molecule has 8 nitrogen and oxygen atoms in total. The molecule has 1 saturated heterocycles. The zero-order valence-corrected chi connectivity index (χ0v) is 12.8. The monoisotopic (exact) mass is 362 g/mol. The molecule has 0 unspecified atom stereocenters. The van der Waals surface area contributed by atoms with Crippen molar-refractivity contribution in [3.63, 3.8) is 0 Å². The molecule has 2 N–H and O–H groups in total. The van der Waals surface area contributed by atoms with Crippen LogP contribution >= 0.6 is 15.9 Å². The number of hydrogen-bond acceptors (Lipinski definition) is 6. The van der Waals surface area contributed by atoms with E-state index < -0.39 is 35.7 Å². The van der Waals surface area contributed by atoms with Gasteiger partial charge in [0.1, 0.15) is 24.3 Å². The third-order valence-electron chi connectivity index (χ3n) is 3.18. The summed E-state index contributed by atoms with van der Waals surface area (Å²) in [4.78, 5) is 36.3. The number of alkyl halides is 1. The fourth-order valence-electron chi connectivity index (χ4n) is 2.05. The Hall–Kier alpha value is -1.45. The van der Waals surface area contributed by atoms with Gasteiger partial charge in [-0.25, -0.2) is 4.79 Å². The van der Waals surface area contributed by atoms with E-state index in [2.05, 4.69) is 20.9 Å². The first kappa shape index (κ1) is 15.9. The summed E-state index contributed by atoms with van der Waals surface area (Å²) < 4.78 is 11.6. The van der Waals surface area contributed by atoms with Gasteiger partial charge in [0, 0.05) is 18.2 Å². The predicted molar refractivity (Wildman–Crippen MR) is 75.3 cm³/mol. The number of aromatic nitrogens is 2. The van der Waals surface area contributed by atoms with Crippen LogP contribution in [0.25, 0.3) is 0 Å². The highest BCUT2D eigenvalue weighted by Gasteiger charge is 2.36. The molecular weight excluding hydrogens is 348 g/mol. The van der Waals surface area contributed by atoms with E-state index in [1.165, 1.54) is 10.8 Å². The molecule has 1 aromatic heterocycles. The van der Waals surface area contributed by atoms with Crippen molar-refractivity contribution in [1.82, 2.24) is 9.55 Å². The lowest BCUT2D eigenvalue weighted by Crippen LogP contribution is -2.33. The minimum absolute atomic E-state index is 0.0534. The minimum Gasteiger partial charge on any atom is -0.462 e. The second kappa shape index (κ2) is 6.54. The van der Waals surface area contributed by atoms with Crippen molar-refractivity contribution in [2.45, 2.75) is 31.8 Å². The summed E-state index contributed by atoms with van der Waals surface area (Å²) in [6.45, 7) is 1.47. The lowest BCUT2D eigenvalue weighted by Gasteiger charge is -2.16. The van der Waals surface area contributed by atoms with Gasteiger partial charge in [0.05, 0.1) is 6.10 Å². The molecule has 2 rings (SSSR count). The van der Waals surface area contributed by atoms with Crippen LogP contribution in [0.2, 0.25) is 0 Å². The van der Waals surface area contributed by atoms with Gasteiger partial charge in [-0.15, -0.1) is 0 Å². The molecule has 21 heavy (non-hydrogen) atoms. The Morgan fingerprint density at radius 3 is 3.00 bits per heavy atom. The van der Waals surface area contributed by atoms with Gasteiger partial charge in [-0.1, -0.05) is 15.9 Å². The van der Waals surface area contributed by atoms with Crippen LogP contribution in [-0.2, 0) is 14.3 Å². The number of aryl methyl sites for hydroxylation is 1. The smallest absolute Gasteiger partial charge is 0.330 e. The quantitative estimate of drug-likeness (QED) is 0.548. The summed E-state index contributed by atoms with van der Waals surface area (Å²) in [5, 5.41) is 9.96. The Balaban J connectivity index is 2.10. The van der Waals surface area contributed by atoms with Crippen molar-refractivity contribution in [3.05, 3.63) is 32.6 Å². The van der Waals surface area contributed by atoms with Crippen molar-refractivity contribution >= 4 is 21.9 Å². The summed E-state index contributed by atoms with van der Waals surface area (Å²) in [5.74, 6) is -0.466. The molecule has 0 amide bonds. The molecule has 1 aliphatic heterocycles. The molecule has 2 heterocycles. The van der Waals surface area contributed by atoms with Crippen LogP contribution in [0.4, 0.5) is 0 Å². The van der Waals surface area contributed by atoms with E-state index in [4.69, 9.17) is 9.47 Å². The summed E-state index contributed by atoms with van der Waals surface area (Å²) in [6, 6.07) is 0. The summed E-state index contributed by atoms with van der Waals surface area (Å²) >= 11 is 2.96. The highest BCUT2D eigenvalue weighted by Crippen LogP contribution is 2.27. The first-order valence-electron chi connectivity index (χ1n) is 6.29. The first-order valence-corrected chi connectivity index (χ1v) is 7.41. The number of aromatic amines is 1. The maximum Gasteiger partial charge on any atom is 0.330 e. The lowest BCUT2D eigenvalue weighted by molar-refractivity contribution is -0.146. The zero-order valence-electron chi connectivity index (χ0n) is 11.2. The molecule has 0 aliphatic carbocycles. The van der Waals surface area contributed by atoms with Gasteiger partial charge in [0.15, 0.2) is 0 Å². The number of carbonyl (C=O) groups is 1. The van der Waals surface area contributed by atoms with Crippen LogP contribution in [0, 0.1) is 6.92 Å². The predicted octanol–water partition coefficient (Wildman–Crippen LogP) is -0.568. The van der Waals surface area contributed by atoms with Gasteiger partial charge in [0.25, 0.3) is 5.56 Å².